The van der Waals surface area contributed by atoms with Crippen molar-refractivity contribution in [1.29, 1.82) is 0 Å². The summed E-state index contributed by atoms with van der Waals surface area (Å²) in [5.74, 6) is -0.555. The molecule has 1 aliphatic rings. The maximum Gasteiger partial charge on any atom is 0.339 e. The number of carbonyl (C=O) groups is 1. The largest absolute Gasteiger partial charge is 0.478 e. The molecule has 0 spiro atoms. The van der Waals surface area contributed by atoms with E-state index in [0.29, 0.717) is 12.4 Å². The maximum absolute atomic E-state index is 11.0. The van der Waals surface area contributed by atoms with Crippen molar-refractivity contribution in [3.63, 3.8) is 0 Å². The first-order valence-corrected chi connectivity index (χ1v) is 5.05. The third-order valence-electron chi connectivity index (χ3n) is 2.71. The highest BCUT2D eigenvalue weighted by Gasteiger charge is 2.26. The number of anilines is 1. The molecule has 1 saturated heterocycles. The van der Waals surface area contributed by atoms with E-state index in [-0.39, 0.29) is 11.7 Å². The Morgan fingerprint density at radius 2 is 2.50 bits per heavy atom. The minimum atomic E-state index is -0.981. The van der Waals surface area contributed by atoms with E-state index in [1.165, 1.54) is 12.3 Å². The van der Waals surface area contributed by atoms with Gasteiger partial charge in [-0.15, -0.1) is 5.10 Å². The van der Waals surface area contributed by atoms with Crippen LogP contribution < -0.4 is 4.90 Å². The lowest BCUT2D eigenvalue weighted by Crippen LogP contribution is -2.25. The number of carboxylic acid groups (broad SMARTS) is 1. The second-order valence-corrected chi connectivity index (χ2v) is 3.67. The van der Waals surface area contributed by atoms with E-state index < -0.39 is 5.97 Å². The fraction of sp³-hybridized carbons (Fsp3) is 0.500. The highest BCUT2D eigenvalue weighted by molar-refractivity contribution is 5.93. The maximum atomic E-state index is 11.0. The van der Waals surface area contributed by atoms with Crippen molar-refractivity contribution >= 4 is 11.8 Å². The molecular weight excluding hydrogens is 210 g/mol. The van der Waals surface area contributed by atoms with Gasteiger partial charge in [0.15, 0.2) is 5.82 Å². The summed E-state index contributed by atoms with van der Waals surface area (Å²) in [7, 11) is 1.66. The minimum Gasteiger partial charge on any atom is -0.478 e. The first kappa shape index (κ1) is 10.8. The predicted octanol–water partition coefficient (Wildman–Crippen LogP) is 0.400. The van der Waals surface area contributed by atoms with Crippen molar-refractivity contribution in [2.45, 2.75) is 12.5 Å². The van der Waals surface area contributed by atoms with Crippen molar-refractivity contribution in [3.05, 3.63) is 17.8 Å². The monoisotopic (exact) mass is 223 g/mol. The molecule has 0 aromatic carbocycles. The standard InChI is InChI=1S/C10H13N3O3/c1-16-7-3-5-13(6-7)9-8(10(14)15)2-4-11-12-9/h2,4,7H,3,5-6H2,1H3,(H,14,15). The summed E-state index contributed by atoms with van der Waals surface area (Å²) in [4.78, 5) is 12.9. The van der Waals surface area contributed by atoms with Gasteiger partial charge in [-0.2, -0.15) is 5.10 Å². The lowest BCUT2D eigenvalue weighted by Gasteiger charge is -2.17. The van der Waals surface area contributed by atoms with Gasteiger partial charge >= 0.3 is 5.97 Å². The molecule has 1 aliphatic heterocycles. The van der Waals surface area contributed by atoms with E-state index in [9.17, 15) is 4.79 Å². The van der Waals surface area contributed by atoms with E-state index >= 15 is 0 Å². The molecule has 1 N–H and O–H groups in total. The number of nitrogens with zero attached hydrogens (tertiary/aromatic N) is 3. The van der Waals surface area contributed by atoms with Crippen molar-refractivity contribution in [1.82, 2.24) is 10.2 Å². The van der Waals surface area contributed by atoms with Crippen molar-refractivity contribution < 1.29 is 14.6 Å². The zero-order valence-electron chi connectivity index (χ0n) is 8.96. The highest BCUT2D eigenvalue weighted by Crippen LogP contribution is 2.22. The van der Waals surface area contributed by atoms with Crippen LogP contribution in [0.15, 0.2) is 12.3 Å². The van der Waals surface area contributed by atoms with Gasteiger partial charge in [-0.1, -0.05) is 0 Å². The fourth-order valence-electron chi connectivity index (χ4n) is 1.84. The Kier molecular flexibility index (Phi) is 3.00. The molecule has 1 aromatic heterocycles. The number of aromatic nitrogens is 2. The van der Waals surface area contributed by atoms with Crippen LogP contribution in [-0.4, -0.2) is 47.6 Å². The number of hydrogen-bond acceptors (Lipinski definition) is 5. The number of carboxylic acids is 1. The minimum absolute atomic E-state index is 0.142. The van der Waals surface area contributed by atoms with Crippen molar-refractivity contribution in [2.75, 3.05) is 25.1 Å². The van der Waals surface area contributed by atoms with E-state index in [0.717, 1.165) is 13.0 Å². The third-order valence-corrected chi connectivity index (χ3v) is 2.71. The summed E-state index contributed by atoms with van der Waals surface area (Å²) in [6.07, 6.45) is 2.41. The molecule has 1 unspecified atom stereocenters. The Balaban J connectivity index is 2.24. The molecule has 0 bridgehead atoms. The van der Waals surface area contributed by atoms with Gasteiger partial charge in [0.25, 0.3) is 0 Å². The average molecular weight is 223 g/mol. The zero-order chi connectivity index (χ0) is 11.5. The normalized spacial score (nSPS) is 20.1. The predicted molar refractivity (Wildman–Crippen MR) is 56.6 cm³/mol. The van der Waals surface area contributed by atoms with Gasteiger partial charge in [-0.3, -0.25) is 0 Å². The van der Waals surface area contributed by atoms with Gasteiger partial charge in [-0.05, 0) is 12.5 Å². The van der Waals surface area contributed by atoms with Crippen LogP contribution in [0.4, 0.5) is 5.82 Å². The molecule has 2 heterocycles. The molecule has 16 heavy (non-hydrogen) atoms. The fourth-order valence-corrected chi connectivity index (χ4v) is 1.84. The Morgan fingerprint density at radius 1 is 1.69 bits per heavy atom. The van der Waals surface area contributed by atoms with E-state index in [1.54, 1.807) is 7.11 Å². The summed E-state index contributed by atoms with van der Waals surface area (Å²) in [5.41, 5.74) is 0.187. The lowest BCUT2D eigenvalue weighted by molar-refractivity contribution is 0.0696. The second kappa shape index (κ2) is 4.44. The molecule has 0 amide bonds. The quantitative estimate of drug-likeness (QED) is 0.799. The van der Waals surface area contributed by atoms with Crippen LogP contribution in [0.5, 0.6) is 0 Å². The van der Waals surface area contributed by atoms with E-state index in [2.05, 4.69) is 10.2 Å². The topological polar surface area (TPSA) is 75.5 Å². The molecule has 6 nitrogen and oxygen atoms in total. The van der Waals surface area contributed by atoms with Crippen LogP contribution in [0.25, 0.3) is 0 Å². The molecule has 86 valence electrons. The Hall–Kier alpha value is -1.69. The first-order valence-electron chi connectivity index (χ1n) is 5.05. The Bertz CT molecular complexity index is 397. The van der Waals surface area contributed by atoms with Crippen LogP contribution >= 0.6 is 0 Å². The van der Waals surface area contributed by atoms with Gasteiger partial charge in [0.05, 0.1) is 12.3 Å². The van der Waals surface area contributed by atoms with Crippen LogP contribution in [0.2, 0.25) is 0 Å². The number of methoxy groups -OCH3 is 1. The smallest absolute Gasteiger partial charge is 0.339 e. The van der Waals surface area contributed by atoms with E-state index in [4.69, 9.17) is 9.84 Å². The lowest BCUT2D eigenvalue weighted by atomic mass is 10.2. The number of ether oxygens (including phenoxy) is 1. The highest BCUT2D eigenvalue weighted by atomic mass is 16.5. The molecule has 6 heteroatoms. The van der Waals surface area contributed by atoms with Crippen molar-refractivity contribution in [2.24, 2.45) is 0 Å². The summed E-state index contributed by atoms with van der Waals surface area (Å²) in [6, 6.07) is 1.46. The number of aromatic carboxylic acids is 1. The van der Waals surface area contributed by atoms with Crippen LogP contribution in [0.1, 0.15) is 16.8 Å². The number of rotatable bonds is 3. The molecule has 1 atom stereocenters. The molecule has 2 rings (SSSR count). The van der Waals surface area contributed by atoms with E-state index in [1.807, 2.05) is 4.90 Å². The van der Waals surface area contributed by atoms with Gasteiger partial charge < -0.3 is 14.7 Å². The summed E-state index contributed by atoms with van der Waals surface area (Å²) in [6.45, 7) is 1.41. The first-order chi connectivity index (χ1) is 7.72. The Labute approximate surface area is 92.9 Å². The molecule has 1 fully saturated rings. The number of hydrogen-bond donors (Lipinski definition) is 1. The third kappa shape index (κ3) is 1.96. The van der Waals surface area contributed by atoms with Crippen LogP contribution in [0, 0.1) is 0 Å². The SMILES string of the molecule is COC1CCN(c2nnccc2C(=O)O)C1. The van der Waals surface area contributed by atoms with Crippen LogP contribution in [-0.2, 0) is 4.74 Å². The summed E-state index contributed by atoms with van der Waals surface area (Å²) in [5, 5.41) is 16.6. The van der Waals surface area contributed by atoms with Crippen molar-refractivity contribution in [3.8, 4) is 0 Å². The Morgan fingerprint density at radius 3 is 3.12 bits per heavy atom. The van der Waals surface area contributed by atoms with Gasteiger partial charge in [0.2, 0.25) is 0 Å². The van der Waals surface area contributed by atoms with Gasteiger partial charge in [-0.25, -0.2) is 4.79 Å². The van der Waals surface area contributed by atoms with Gasteiger partial charge in [0, 0.05) is 20.2 Å². The summed E-state index contributed by atoms with van der Waals surface area (Å²) < 4.78 is 5.23. The molecule has 0 radical (unpaired) electrons. The summed E-state index contributed by atoms with van der Waals surface area (Å²) >= 11 is 0. The molecule has 0 saturated carbocycles. The zero-order valence-corrected chi connectivity index (χ0v) is 8.96. The average Bonchev–Trinajstić information content (AvgIpc) is 2.77. The molecular formula is C10H13N3O3. The van der Waals surface area contributed by atoms with Crippen LogP contribution in [0.3, 0.4) is 0 Å². The van der Waals surface area contributed by atoms with Gasteiger partial charge in [0.1, 0.15) is 5.56 Å². The molecule has 0 aliphatic carbocycles. The molecule has 1 aromatic rings. The second-order valence-electron chi connectivity index (χ2n) is 3.67.